The minimum absolute atomic E-state index is 0.232. The molecule has 2 nitrogen and oxygen atoms in total. The second-order valence-corrected chi connectivity index (χ2v) is 5.28. The van der Waals surface area contributed by atoms with Gasteiger partial charge in [-0.15, -0.1) is 0 Å². The van der Waals surface area contributed by atoms with Crippen LogP contribution in [0, 0.1) is 11.8 Å². The highest BCUT2D eigenvalue weighted by Crippen LogP contribution is 2.38. The Labute approximate surface area is 85.4 Å². The second kappa shape index (κ2) is 3.34. The summed E-state index contributed by atoms with van der Waals surface area (Å²) >= 11 is 0. The Bertz CT molecular complexity index is 233. The van der Waals surface area contributed by atoms with Crippen LogP contribution in [-0.2, 0) is 4.79 Å². The molecule has 0 amide bonds. The predicted octanol–water partition coefficient (Wildman–Crippen LogP) is 1.89. The topological polar surface area (TPSA) is 29.1 Å². The summed E-state index contributed by atoms with van der Waals surface area (Å²) in [5.74, 6) is 1.78. The molecular formula is C12H19NO. The van der Waals surface area contributed by atoms with Gasteiger partial charge in [0.05, 0.1) is 6.04 Å². The van der Waals surface area contributed by atoms with Gasteiger partial charge in [-0.25, -0.2) is 0 Å². The number of fused-ring (bicyclic) bond motifs is 1. The monoisotopic (exact) mass is 193 g/mol. The average Bonchev–Trinajstić information content (AvgIpc) is 2.95. The molecule has 0 aromatic carbocycles. The van der Waals surface area contributed by atoms with Gasteiger partial charge in [-0.05, 0) is 38.0 Å². The lowest BCUT2D eigenvalue weighted by Crippen LogP contribution is -2.37. The van der Waals surface area contributed by atoms with Crippen molar-refractivity contribution in [3.05, 3.63) is 0 Å². The van der Waals surface area contributed by atoms with E-state index in [9.17, 15) is 4.79 Å². The van der Waals surface area contributed by atoms with E-state index in [1.54, 1.807) is 0 Å². The first-order valence-corrected chi connectivity index (χ1v) is 6.14. The van der Waals surface area contributed by atoms with Crippen LogP contribution in [0.25, 0.3) is 0 Å². The number of hydrogen-bond acceptors (Lipinski definition) is 2. The van der Waals surface area contributed by atoms with Gasteiger partial charge in [-0.1, -0.05) is 12.8 Å². The van der Waals surface area contributed by atoms with Gasteiger partial charge in [0.15, 0.2) is 5.78 Å². The maximum absolute atomic E-state index is 11.9. The molecule has 0 aromatic rings. The third-order valence-electron chi connectivity index (χ3n) is 4.19. The largest absolute Gasteiger partial charge is 0.304 e. The summed E-state index contributed by atoms with van der Waals surface area (Å²) in [5, 5.41) is 3.56. The molecule has 2 aliphatic carbocycles. The number of Topliss-reactive ketones (excluding diaryl/α,β-unsaturated/α-hetero) is 1. The molecule has 78 valence electrons. The standard InChI is InChI=1S/C12H19NO/c14-12(8-5-6-8)11-7-9-3-1-2-4-10(9)13-11/h8-11,13H,1-7H2. The average molecular weight is 193 g/mol. The lowest BCUT2D eigenvalue weighted by Gasteiger charge is -2.24. The fourth-order valence-electron chi connectivity index (χ4n) is 3.19. The predicted molar refractivity (Wildman–Crippen MR) is 55.0 cm³/mol. The normalized spacial score (nSPS) is 42.1. The number of ketones is 1. The van der Waals surface area contributed by atoms with E-state index in [0.29, 0.717) is 17.7 Å². The first kappa shape index (κ1) is 8.90. The van der Waals surface area contributed by atoms with Gasteiger partial charge >= 0.3 is 0 Å². The number of hydrogen-bond donors (Lipinski definition) is 1. The molecule has 2 saturated carbocycles. The summed E-state index contributed by atoms with van der Waals surface area (Å²) in [6.45, 7) is 0. The molecule has 0 aromatic heterocycles. The molecule has 3 aliphatic rings. The van der Waals surface area contributed by atoms with Crippen molar-refractivity contribution >= 4 is 5.78 Å². The molecule has 0 radical (unpaired) electrons. The summed E-state index contributed by atoms with van der Waals surface area (Å²) in [4.78, 5) is 11.9. The molecule has 1 N–H and O–H groups in total. The molecule has 1 saturated heterocycles. The van der Waals surface area contributed by atoms with Gasteiger partial charge in [0.25, 0.3) is 0 Å². The summed E-state index contributed by atoms with van der Waals surface area (Å²) < 4.78 is 0. The first-order valence-electron chi connectivity index (χ1n) is 6.14. The van der Waals surface area contributed by atoms with Crippen LogP contribution in [0.15, 0.2) is 0 Å². The SMILES string of the molecule is O=C(C1CC1)C1CC2CCCCC2N1. The molecule has 1 heterocycles. The molecule has 3 rings (SSSR count). The Hall–Kier alpha value is -0.370. The van der Waals surface area contributed by atoms with Gasteiger partial charge in [0, 0.05) is 12.0 Å². The molecule has 2 heteroatoms. The smallest absolute Gasteiger partial charge is 0.152 e. The van der Waals surface area contributed by atoms with E-state index < -0.39 is 0 Å². The van der Waals surface area contributed by atoms with Crippen molar-refractivity contribution in [3.8, 4) is 0 Å². The minimum atomic E-state index is 0.232. The van der Waals surface area contributed by atoms with Crippen molar-refractivity contribution in [1.82, 2.24) is 5.32 Å². The van der Waals surface area contributed by atoms with Crippen molar-refractivity contribution in [2.45, 2.75) is 57.0 Å². The third kappa shape index (κ3) is 1.50. The fraction of sp³-hybridized carbons (Fsp3) is 0.917. The number of carbonyl (C=O) groups is 1. The van der Waals surface area contributed by atoms with E-state index in [4.69, 9.17) is 0 Å². The maximum Gasteiger partial charge on any atom is 0.152 e. The van der Waals surface area contributed by atoms with Gasteiger partial charge in [-0.3, -0.25) is 4.79 Å². The van der Waals surface area contributed by atoms with Crippen LogP contribution < -0.4 is 5.32 Å². The Balaban J connectivity index is 1.64. The lowest BCUT2D eigenvalue weighted by molar-refractivity contribution is -0.122. The van der Waals surface area contributed by atoms with Crippen LogP contribution in [0.2, 0.25) is 0 Å². The van der Waals surface area contributed by atoms with Crippen LogP contribution in [0.4, 0.5) is 0 Å². The van der Waals surface area contributed by atoms with Gasteiger partial charge in [0.2, 0.25) is 0 Å². The van der Waals surface area contributed by atoms with Gasteiger partial charge < -0.3 is 5.32 Å². The zero-order chi connectivity index (χ0) is 9.54. The molecule has 14 heavy (non-hydrogen) atoms. The van der Waals surface area contributed by atoms with E-state index in [0.717, 1.165) is 25.2 Å². The Morgan fingerprint density at radius 1 is 1.07 bits per heavy atom. The summed E-state index contributed by atoms with van der Waals surface area (Å²) in [7, 11) is 0. The summed E-state index contributed by atoms with van der Waals surface area (Å²) in [5.41, 5.74) is 0. The van der Waals surface area contributed by atoms with Crippen LogP contribution in [0.1, 0.15) is 44.9 Å². The van der Waals surface area contributed by atoms with Crippen molar-refractivity contribution < 1.29 is 4.79 Å². The van der Waals surface area contributed by atoms with E-state index in [2.05, 4.69) is 5.32 Å². The molecule has 3 fully saturated rings. The van der Waals surface area contributed by atoms with Crippen molar-refractivity contribution in [1.29, 1.82) is 0 Å². The highest BCUT2D eigenvalue weighted by molar-refractivity contribution is 5.88. The van der Waals surface area contributed by atoms with E-state index in [1.807, 2.05) is 0 Å². The highest BCUT2D eigenvalue weighted by atomic mass is 16.1. The maximum atomic E-state index is 11.9. The Morgan fingerprint density at radius 3 is 2.57 bits per heavy atom. The minimum Gasteiger partial charge on any atom is -0.304 e. The van der Waals surface area contributed by atoms with Crippen molar-refractivity contribution in [3.63, 3.8) is 0 Å². The van der Waals surface area contributed by atoms with Crippen molar-refractivity contribution in [2.24, 2.45) is 11.8 Å². The number of rotatable bonds is 2. The first-order chi connectivity index (χ1) is 6.84. The molecular weight excluding hydrogens is 174 g/mol. The van der Waals surface area contributed by atoms with E-state index >= 15 is 0 Å². The van der Waals surface area contributed by atoms with Crippen LogP contribution in [0.5, 0.6) is 0 Å². The molecule has 3 unspecified atom stereocenters. The second-order valence-electron chi connectivity index (χ2n) is 5.28. The number of carbonyl (C=O) groups excluding carboxylic acids is 1. The third-order valence-corrected chi connectivity index (χ3v) is 4.19. The van der Waals surface area contributed by atoms with Gasteiger partial charge in [0.1, 0.15) is 0 Å². The fourth-order valence-corrected chi connectivity index (χ4v) is 3.19. The van der Waals surface area contributed by atoms with Crippen LogP contribution in [0.3, 0.4) is 0 Å². The zero-order valence-electron chi connectivity index (χ0n) is 8.67. The van der Waals surface area contributed by atoms with Gasteiger partial charge in [-0.2, -0.15) is 0 Å². The molecule has 3 atom stereocenters. The van der Waals surface area contributed by atoms with E-state index in [1.165, 1.54) is 25.7 Å². The number of nitrogens with one attached hydrogen (secondary N) is 1. The summed E-state index contributed by atoms with van der Waals surface area (Å²) in [6.07, 6.45) is 8.86. The van der Waals surface area contributed by atoms with Crippen LogP contribution in [-0.4, -0.2) is 17.9 Å². The molecule has 0 spiro atoms. The quantitative estimate of drug-likeness (QED) is 0.725. The zero-order valence-corrected chi connectivity index (χ0v) is 8.67. The van der Waals surface area contributed by atoms with E-state index in [-0.39, 0.29) is 6.04 Å². The highest BCUT2D eigenvalue weighted by Gasteiger charge is 2.42. The Morgan fingerprint density at radius 2 is 1.86 bits per heavy atom. The van der Waals surface area contributed by atoms with Crippen LogP contribution >= 0.6 is 0 Å². The lowest BCUT2D eigenvalue weighted by atomic mass is 9.84. The summed E-state index contributed by atoms with van der Waals surface area (Å²) in [6, 6.07) is 0.909. The molecule has 0 bridgehead atoms. The molecule has 1 aliphatic heterocycles. The Kier molecular flexibility index (Phi) is 2.12. The van der Waals surface area contributed by atoms with Crippen molar-refractivity contribution in [2.75, 3.05) is 0 Å².